The summed E-state index contributed by atoms with van der Waals surface area (Å²) in [4.78, 5) is 8.60. The van der Waals surface area contributed by atoms with E-state index in [0.29, 0.717) is 33.4 Å². The van der Waals surface area contributed by atoms with Crippen LogP contribution in [0.2, 0.25) is 10.0 Å². The number of rotatable bonds is 5. The molecule has 1 aromatic heterocycles. The normalized spacial score (nSPS) is 9.50. The summed E-state index contributed by atoms with van der Waals surface area (Å²) in [6, 6.07) is 15.8. The molecule has 2 aromatic carbocycles. The second-order valence-electron chi connectivity index (χ2n) is 5.37. The van der Waals surface area contributed by atoms with Crippen LogP contribution in [-0.4, -0.2) is 15.2 Å². The van der Waals surface area contributed by atoms with Gasteiger partial charge in [-0.3, -0.25) is 10.7 Å². The first-order valence-corrected chi connectivity index (χ1v) is 8.33. The number of halogens is 4. The fourth-order valence-corrected chi connectivity index (χ4v) is 2.87. The highest BCUT2D eigenvalue weighted by atomic mass is 79.9. The van der Waals surface area contributed by atoms with Crippen LogP contribution in [0.3, 0.4) is 0 Å². The standard InChI is InChI=1S/C18H13Cl2N5O.2BrH/c19-15-2-1-3-16(20)14(15)8-13-9-17(25-26)24-18(23-13)22-12-6-4-11(10-21)5-7-12;;/h1-7,9,26H,8H2,(H2,22,23,24,25);2*1H. The lowest BCUT2D eigenvalue weighted by molar-refractivity contribution is 0.385. The minimum absolute atomic E-state index is 0. The van der Waals surface area contributed by atoms with Crippen molar-refractivity contribution in [2.45, 2.75) is 6.42 Å². The third-order valence-electron chi connectivity index (χ3n) is 3.58. The van der Waals surface area contributed by atoms with Gasteiger partial charge in [-0.25, -0.2) is 4.98 Å². The van der Waals surface area contributed by atoms with E-state index in [4.69, 9.17) is 28.5 Å². The van der Waals surface area contributed by atoms with Gasteiger partial charge in [0.15, 0.2) is 5.82 Å². The molecule has 0 saturated heterocycles. The van der Waals surface area contributed by atoms with E-state index >= 15 is 0 Å². The molecule has 146 valence electrons. The summed E-state index contributed by atoms with van der Waals surface area (Å²) in [5, 5.41) is 22.2. The number of hydrogen-bond donors (Lipinski definition) is 3. The molecule has 6 nitrogen and oxygen atoms in total. The molecule has 3 N–H and O–H groups in total. The Kier molecular flexibility index (Phi) is 9.65. The van der Waals surface area contributed by atoms with Crippen molar-refractivity contribution < 1.29 is 5.21 Å². The SMILES string of the molecule is Br.Br.N#Cc1ccc(Nc2nc(Cc3c(Cl)cccc3Cl)cc(NO)n2)cc1. The first-order valence-electron chi connectivity index (χ1n) is 7.57. The molecule has 0 bridgehead atoms. The zero-order chi connectivity index (χ0) is 18.5. The Labute approximate surface area is 193 Å². The third-order valence-corrected chi connectivity index (χ3v) is 4.29. The van der Waals surface area contributed by atoms with Gasteiger partial charge in [0.05, 0.1) is 17.3 Å². The van der Waals surface area contributed by atoms with E-state index in [1.54, 1.807) is 48.5 Å². The Morgan fingerprint density at radius 1 is 1.00 bits per heavy atom. The van der Waals surface area contributed by atoms with Crippen LogP contribution in [0.5, 0.6) is 0 Å². The Morgan fingerprint density at radius 3 is 2.21 bits per heavy atom. The molecule has 0 radical (unpaired) electrons. The Bertz CT molecular complexity index is 960. The number of nitriles is 1. The zero-order valence-corrected chi connectivity index (χ0v) is 19.1. The van der Waals surface area contributed by atoms with Crippen LogP contribution in [-0.2, 0) is 6.42 Å². The highest BCUT2D eigenvalue weighted by Crippen LogP contribution is 2.27. The van der Waals surface area contributed by atoms with E-state index in [-0.39, 0.29) is 45.7 Å². The maximum Gasteiger partial charge on any atom is 0.229 e. The quantitative estimate of drug-likeness (QED) is 0.342. The summed E-state index contributed by atoms with van der Waals surface area (Å²) < 4.78 is 0. The molecule has 28 heavy (non-hydrogen) atoms. The molecule has 1 heterocycles. The first kappa shape index (κ1) is 24.1. The van der Waals surface area contributed by atoms with Gasteiger partial charge in [-0.05, 0) is 42.0 Å². The summed E-state index contributed by atoms with van der Waals surface area (Å²) in [5.41, 5.74) is 4.64. The van der Waals surface area contributed by atoms with Crippen LogP contribution in [0.15, 0.2) is 48.5 Å². The van der Waals surface area contributed by atoms with Gasteiger partial charge in [0, 0.05) is 28.2 Å². The molecule has 0 aliphatic carbocycles. The Hall–Kier alpha value is -1.89. The van der Waals surface area contributed by atoms with Crippen LogP contribution in [0, 0.1) is 11.3 Å². The first-order chi connectivity index (χ1) is 12.6. The molecule has 0 aliphatic heterocycles. The number of aromatic nitrogens is 2. The second kappa shape index (κ2) is 11.2. The average molecular weight is 548 g/mol. The maximum atomic E-state index is 9.24. The van der Waals surface area contributed by atoms with Gasteiger partial charge in [-0.2, -0.15) is 10.2 Å². The fraction of sp³-hybridized carbons (Fsp3) is 0.0556. The van der Waals surface area contributed by atoms with E-state index in [0.717, 1.165) is 5.56 Å². The van der Waals surface area contributed by atoms with Gasteiger partial charge in [0.1, 0.15) is 0 Å². The summed E-state index contributed by atoms with van der Waals surface area (Å²) in [6.45, 7) is 0. The summed E-state index contributed by atoms with van der Waals surface area (Å²) in [6.07, 6.45) is 0.373. The Balaban J connectivity index is 0.00000196. The van der Waals surface area contributed by atoms with Crippen molar-refractivity contribution in [3.05, 3.63) is 75.4 Å². The molecule has 0 saturated carbocycles. The van der Waals surface area contributed by atoms with E-state index in [9.17, 15) is 5.21 Å². The van der Waals surface area contributed by atoms with Gasteiger partial charge in [0.25, 0.3) is 0 Å². The number of hydrogen-bond acceptors (Lipinski definition) is 6. The Morgan fingerprint density at radius 2 is 1.64 bits per heavy atom. The summed E-state index contributed by atoms with van der Waals surface area (Å²) in [7, 11) is 0. The molecule has 0 fully saturated rings. The lowest BCUT2D eigenvalue weighted by atomic mass is 10.1. The zero-order valence-electron chi connectivity index (χ0n) is 14.2. The second-order valence-corrected chi connectivity index (χ2v) is 6.19. The van der Waals surface area contributed by atoms with Gasteiger partial charge in [-0.15, -0.1) is 34.0 Å². The molecule has 0 spiro atoms. The molecule has 3 rings (SSSR count). The minimum atomic E-state index is 0. The average Bonchev–Trinajstić information content (AvgIpc) is 2.65. The minimum Gasteiger partial charge on any atom is -0.324 e. The van der Waals surface area contributed by atoms with Crippen LogP contribution in [0.25, 0.3) is 0 Å². The topological polar surface area (TPSA) is 93.9 Å². The van der Waals surface area contributed by atoms with E-state index in [2.05, 4.69) is 21.4 Å². The lowest BCUT2D eigenvalue weighted by Crippen LogP contribution is -2.05. The molecular formula is C18H15Br2Cl2N5O. The van der Waals surface area contributed by atoms with Crippen LogP contribution in [0.4, 0.5) is 17.5 Å². The van der Waals surface area contributed by atoms with Gasteiger partial charge in [-0.1, -0.05) is 29.3 Å². The number of nitrogens with zero attached hydrogens (tertiary/aromatic N) is 3. The smallest absolute Gasteiger partial charge is 0.229 e. The predicted molar refractivity (Wildman–Crippen MR) is 122 cm³/mol. The van der Waals surface area contributed by atoms with Crippen LogP contribution in [0.1, 0.15) is 16.8 Å². The molecule has 0 atom stereocenters. The largest absolute Gasteiger partial charge is 0.324 e. The van der Waals surface area contributed by atoms with Crippen molar-refractivity contribution in [2.24, 2.45) is 0 Å². The monoisotopic (exact) mass is 545 g/mol. The third kappa shape index (κ3) is 6.06. The van der Waals surface area contributed by atoms with Crippen LogP contribution < -0.4 is 10.8 Å². The van der Waals surface area contributed by atoms with Crippen molar-refractivity contribution >= 4 is 74.6 Å². The summed E-state index contributed by atoms with van der Waals surface area (Å²) in [5.74, 6) is 0.515. The van der Waals surface area contributed by atoms with Crippen molar-refractivity contribution in [1.82, 2.24) is 9.97 Å². The maximum absolute atomic E-state index is 9.24. The molecule has 3 aromatic rings. The van der Waals surface area contributed by atoms with Crippen molar-refractivity contribution in [2.75, 3.05) is 10.8 Å². The number of benzene rings is 2. The van der Waals surface area contributed by atoms with Crippen molar-refractivity contribution in [3.8, 4) is 6.07 Å². The molecule has 0 aliphatic rings. The highest BCUT2D eigenvalue weighted by Gasteiger charge is 2.11. The number of anilines is 3. The van der Waals surface area contributed by atoms with Crippen LogP contribution >= 0.6 is 57.2 Å². The molecular weight excluding hydrogens is 533 g/mol. The van der Waals surface area contributed by atoms with E-state index in [1.807, 2.05) is 5.48 Å². The highest BCUT2D eigenvalue weighted by molar-refractivity contribution is 8.93. The van der Waals surface area contributed by atoms with Gasteiger partial charge < -0.3 is 5.32 Å². The van der Waals surface area contributed by atoms with E-state index in [1.165, 1.54) is 0 Å². The molecule has 0 unspecified atom stereocenters. The van der Waals surface area contributed by atoms with Crippen molar-refractivity contribution in [1.29, 1.82) is 5.26 Å². The van der Waals surface area contributed by atoms with Gasteiger partial charge >= 0.3 is 0 Å². The molecule has 0 amide bonds. The fourth-order valence-electron chi connectivity index (χ4n) is 2.34. The van der Waals surface area contributed by atoms with Crippen molar-refractivity contribution in [3.63, 3.8) is 0 Å². The lowest BCUT2D eigenvalue weighted by Gasteiger charge is -2.11. The predicted octanol–water partition coefficient (Wildman–Crippen LogP) is 5.95. The van der Waals surface area contributed by atoms with Gasteiger partial charge in [0.2, 0.25) is 5.95 Å². The summed E-state index contributed by atoms with van der Waals surface area (Å²) >= 11 is 12.4. The number of nitrogens with one attached hydrogen (secondary N) is 2. The molecule has 10 heteroatoms. The van der Waals surface area contributed by atoms with E-state index < -0.39 is 0 Å².